The maximum atomic E-state index is 14.8. The number of rotatable bonds is 12. The predicted molar refractivity (Wildman–Crippen MR) is 85.0 cm³/mol. The average Bonchev–Trinajstić information content (AvgIpc) is 2.65. The van der Waals surface area contributed by atoms with E-state index in [4.69, 9.17) is 0 Å². The molecule has 1 atom stereocenters. The minimum absolute atomic E-state index is 0.503. The first-order valence-electron chi connectivity index (χ1n) is 8.43. The maximum absolute atomic E-state index is 14.8. The molecular formula is C15H16F16O2Si. The Morgan fingerprint density at radius 1 is 0.618 bits per heavy atom. The summed E-state index contributed by atoms with van der Waals surface area (Å²) in [6.07, 6.45) is -10.0. The van der Waals surface area contributed by atoms with Gasteiger partial charge in [0.25, 0.3) is 5.67 Å². The van der Waals surface area contributed by atoms with Crippen molar-refractivity contribution in [2.75, 3.05) is 14.2 Å². The van der Waals surface area contributed by atoms with Crippen LogP contribution in [0.4, 0.5) is 70.2 Å². The zero-order valence-corrected chi connectivity index (χ0v) is 18.2. The summed E-state index contributed by atoms with van der Waals surface area (Å²) in [4.78, 5) is 0. The molecule has 19 heteroatoms. The number of allylic oxidation sites excluding steroid dienone is 1. The van der Waals surface area contributed by atoms with E-state index >= 15 is 0 Å². The topological polar surface area (TPSA) is 18.5 Å². The Balaban J connectivity index is 6.93. The third-order valence-electron chi connectivity index (χ3n) is 4.67. The van der Waals surface area contributed by atoms with E-state index in [9.17, 15) is 70.2 Å². The van der Waals surface area contributed by atoms with Gasteiger partial charge in [0, 0.05) is 20.6 Å². The van der Waals surface area contributed by atoms with Crippen molar-refractivity contribution in [3.63, 3.8) is 0 Å². The van der Waals surface area contributed by atoms with Gasteiger partial charge in [0.2, 0.25) is 0 Å². The predicted octanol–water partition coefficient (Wildman–Crippen LogP) is 6.55. The van der Waals surface area contributed by atoms with E-state index in [1.165, 1.54) is 0 Å². The molecule has 0 aromatic carbocycles. The molecule has 0 aromatic rings. The molecule has 0 fully saturated rings. The van der Waals surface area contributed by atoms with Crippen LogP contribution < -0.4 is 0 Å². The molecule has 2 nitrogen and oxygen atoms in total. The lowest BCUT2D eigenvalue weighted by molar-refractivity contribution is -0.435. The van der Waals surface area contributed by atoms with Crippen LogP contribution in [0.25, 0.3) is 0 Å². The van der Waals surface area contributed by atoms with Crippen LogP contribution >= 0.6 is 0 Å². The Kier molecular flexibility index (Phi) is 8.98. The minimum atomic E-state index is -8.19. The smallest absolute Gasteiger partial charge is 0.400 e. The van der Waals surface area contributed by atoms with Gasteiger partial charge in [0.05, 0.1) is 0 Å². The van der Waals surface area contributed by atoms with Crippen molar-refractivity contribution in [2.24, 2.45) is 0 Å². The summed E-state index contributed by atoms with van der Waals surface area (Å²) in [6.45, 7) is 1.40. The van der Waals surface area contributed by atoms with Crippen molar-refractivity contribution < 1.29 is 79.1 Å². The van der Waals surface area contributed by atoms with Gasteiger partial charge in [0.1, 0.15) is 0 Å². The van der Waals surface area contributed by atoms with Gasteiger partial charge in [-0.25, -0.2) is 4.39 Å². The summed E-state index contributed by atoms with van der Waals surface area (Å²) >= 11 is 0. The largest absolute Gasteiger partial charge is 0.460 e. The van der Waals surface area contributed by atoms with Crippen LogP contribution in [-0.2, 0) is 8.85 Å². The molecule has 0 aromatic heterocycles. The third kappa shape index (κ3) is 4.50. The first kappa shape index (κ1) is 32.8. The Hall–Kier alpha value is -1.24. The zero-order chi connectivity index (χ0) is 28.0. The molecule has 0 aliphatic carbocycles. The fraction of sp³-hybridized carbons (Fsp3) is 0.867. The second-order valence-corrected chi connectivity index (χ2v) is 9.33. The highest BCUT2D eigenvalue weighted by Crippen LogP contribution is 2.65. The van der Waals surface area contributed by atoms with Gasteiger partial charge in [-0.05, 0) is 18.5 Å². The van der Waals surface area contributed by atoms with Crippen molar-refractivity contribution in [3.8, 4) is 0 Å². The van der Waals surface area contributed by atoms with Crippen molar-refractivity contribution in [1.29, 1.82) is 0 Å². The maximum Gasteiger partial charge on any atom is 0.460 e. The Morgan fingerprint density at radius 2 is 0.971 bits per heavy atom. The van der Waals surface area contributed by atoms with Gasteiger partial charge in [-0.2, -0.15) is 65.9 Å². The van der Waals surface area contributed by atoms with Gasteiger partial charge >= 0.3 is 51.0 Å². The van der Waals surface area contributed by atoms with Gasteiger partial charge < -0.3 is 8.85 Å². The molecule has 0 rings (SSSR count). The van der Waals surface area contributed by atoms with Gasteiger partial charge in [-0.3, -0.25) is 0 Å². The highest BCUT2D eigenvalue weighted by atomic mass is 28.3. The minimum Gasteiger partial charge on any atom is -0.400 e. The van der Waals surface area contributed by atoms with Crippen LogP contribution in [0.1, 0.15) is 13.3 Å². The second kappa shape index (κ2) is 9.33. The Labute approximate surface area is 182 Å². The third-order valence-corrected chi connectivity index (χ3v) is 6.48. The summed E-state index contributed by atoms with van der Waals surface area (Å²) in [7, 11) is -1.63. The standard InChI is InChI=1S/C15H16F16O2Si/c1-7(2)9(18,12(23,24)13(25,26)14(27,28)15(29,30)31)11(21,22)10(19,20)8(16,17)5-6-34(32-3)33-4/h34H,1,5-6H2,2-4H3. The summed E-state index contributed by atoms with van der Waals surface area (Å²) in [5.74, 6) is -45.5. The van der Waals surface area contributed by atoms with E-state index < -0.39 is 81.6 Å². The molecule has 0 aliphatic heterocycles. The molecule has 0 aliphatic rings. The quantitative estimate of drug-likeness (QED) is 0.153. The fourth-order valence-corrected chi connectivity index (χ4v) is 3.82. The van der Waals surface area contributed by atoms with E-state index in [0.29, 0.717) is 0 Å². The van der Waals surface area contributed by atoms with Crippen molar-refractivity contribution in [3.05, 3.63) is 12.2 Å². The highest BCUT2D eigenvalue weighted by molar-refractivity contribution is 6.44. The molecule has 0 bridgehead atoms. The summed E-state index contributed by atoms with van der Waals surface area (Å²) in [6, 6.07) is -1.27. The molecule has 0 saturated heterocycles. The van der Waals surface area contributed by atoms with Crippen LogP contribution in [0.5, 0.6) is 0 Å². The summed E-state index contributed by atoms with van der Waals surface area (Å²) < 4.78 is 227. The lowest BCUT2D eigenvalue weighted by Gasteiger charge is -2.47. The van der Waals surface area contributed by atoms with Gasteiger partial charge in [-0.1, -0.05) is 6.58 Å². The van der Waals surface area contributed by atoms with Crippen LogP contribution in [0.2, 0.25) is 6.04 Å². The van der Waals surface area contributed by atoms with E-state index in [-0.39, 0.29) is 0 Å². The SMILES string of the molecule is C=C(C)C(F)(C(F)(F)C(F)(F)C(F)(F)CC[SiH](OC)OC)C(F)(F)C(F)(F)C(F)(F)C(F)(F)F. The molecule has 204 valence electrons. The number of hydrogen-bond acceptors (Lipinski definition) is 2. The lowest BCUT2D eigenvalue weighted by atomic mass is 9.75. The zero-order valence-electron chi connectivity index (χ0n) is 17.1. The van der Waals surface area contributed by atoms with E-state index in [2.05, 4.69) is 8.85 Å². The number of alkyl halides is 16. The molecule has 34 heavy (non-hydrogen) atoms. The molecule has 1 unspecified atom stereocenters. The lowest BCUT2D eigenvalue weighted by Crippen LogP contribution is -2.76. The van der Waals surface area contributed by atoms with Crippen LogP contribution in [0, 0.1) is 0 Å². The molecule has 0 radical (unpaired) electrons. The first-order chi connectivity index (χ1) is 14.7. The monoisotopic (exact) mass is 560 g/mol. The van der Waals surface area contributed by atoms with Crippen molar-refractivity contribution in [1.82, 2.24) is 0 Å². The highest BCUT2D eigenvalue weighted by Gasteiger charge is 2.93. The van der Waals surface area contributed by atoms with Crippen LogP contribution in [0.3, 0.4) is 0 Å². The van der Waals surface area contributed by atoms with E-state index in [1.807, 2.05) is 6.58 Å². The first-order valence-corrected chi connectivity index (χ1v) is 10.2. The van der Waals surface area contributed by atoms with Crippen molar-refractivity contribution in [2.45, 2.75) is 66.8 Å². The Morgan fingerprint density at radius 3 is 1.26 bits per heavy atom. The number of halogens is 16. The van der Waals surface area contributed by atoms with E-state index in [1.54, 1.807) is 0 Å². The Bertz CT molecular complexity index is 730. The molecule has 0 spiro atoms. The number of hydrogen-bond donors (Lipinski definition) is 0. The fourth-order valence-electron chi connectivity index (χ4n) is 2.56. The second-order valence-electron chi connectivity index (χ2n) is 6.95. The summed E-state index contributed by atoms with van der Waals surface area (Å²) in [5.41, 5.74) is -10.1. The molecular weight excluding hydrogens is 544 g/mol. The van der Waals surface area contributed by atoms with Crippen molar-refractivity contribution >= 4 is 9.28 Å². The summed E-state index contributed by atoms with van der Waals surface area (Å²) in [5, 5.41) is 0. The molecule has 0 amide bonds. The molecule has 0 heterocycles. The van der Waals surface area contributed by atoms with Gasteiger partial charge in [0.15, 0.2) is 0 Å². The van der Waals surface area contributed by atoms with E-state index in [0.717, 1.165) is 14.2 Å². The van der Waals surface area contributed by atoms with Gasteiger partial charge in [-0.15, -0.1) is 0 Å². The normalized spacial score (nSPS) is 17.2. The van der Waals surface area contributed by atoms with Crippen LogP contribution in [-0.4, -0.2) is 70.9 Å². The molecule has 0 N–H and O–H groups in total. The molecule has 0 saturated carbocycles. The average molecular weight is 560 g/mol. The van der Waals surface area contributed by atoms with Crippen LogP contribution in [0.15, 0.2) is 12.2 Å².